The first-order valence-electron chi connectivity index (χ1n) is 51.3. The molecule has 6 heterocycles. The molecule has 0 amide bonds. The topological polar surface area (TPSA) is 24.5 Å². The van der Waals surface area contributed by atoms with Gasteiger partial charge in [-0.25, -0.2) is 0 Å². The Morgan fingerprint density at radius 2 is 0.467 bits per heavy atom. The van der Waals surface area contributed by atoms with Gasteiger partial charge in [-0.1, -0.05) is 109 Å². The van der Waals surface area contributed by atoms with Gasteiger partial charge in [0, 0.05) is 33.2 Å². The summed E-state index contributed by atoms with van der Waals surface area (Å²) in [6.45, 7) is 0. The summed E-state index contributed by atoms with van der Waals surface area (Å²) in [7, 11) is 0. The van der Waals surface area contributed by atoms with E-state index in [0.29, 0.717) is 14.5 Å². The molecule has 0 radical (unpaired) electrons. The van der Waals surface area contributed by atoms with Crippen molar-refractivity contribution >= 4 is 240 Å². The first kappa shape index (κ1) is 88.6. The molecule has 0 spiro atoms. The van der Waals surface area contributed by atoms with Gasteiger partial charge in [0.05, 0.1) is 16.6 Å². The van der Waals surface area contributed by atoms with Gasteiger partial charge in [-0.2, -0.15) is 0 Å². The Hall–Kier alpha value is -17.8. The molecule has 0 saturated heterocycles. The molecule has 24 aromatic carbocycles. The molecule has 0 unspecified atom stereocenters. The van der Waals surface area contributed by atoms with Crippen molar-refractivity contribution in [1.29, 1.82) is 0 Å². The fourth-order valence-corrected chi connectivity index (χ4v) is 30.6. The van der Waals surface area contributed by atoms with Gasteiger partial charge in [-0.3, -0.25) is 0 Å². The molecule has 0 aliphatic heterocycles. The molecule has 0 fully saturated rings. The predicted octanol–water partition coefficient (Wildman–Crippen LogP) is 37.7. The van der Waals surface area contributed by atoms with Crippen molar-refractivity contribution in [3.8, 4) is 61.6 Å². The van der Waals surface area contributed by atoms with E-state index in [1.54, 1.807) is 0 Å². The van der Waals surface area contributed by atoms with Crippen LogP contribution in [0.2, 0.25) is 0 Å². The van der Waals surface area contributed by atoms with Gasteiger partial charge in [0.2, 0.25) is 0 Å². The number of para-hydroxylation sites is 7. The Morgan fingerprint density at radius 1 is 0.160 bits per heavy atom. The molecule has 0 atom stereocenters. The summed E-state index contributed by atoms with van der Waals surface area (Å²) in [5, 5.41) is 20.9. The summed E-state index contributed by atoms with van der Waals surface area (Å²) in [6.07, 6.45) is 0.937. The number of rotatable bonds is 15. The van der Waals surface area contributed by atoms with E-state index >= 15 is 0 Å². The van der Waals surface area contributed by atoms with Gasteiger partial charge in [0.15, 0.2) is 0 Å². The van der Waals surface area contributed by atoms with E-state index in [1.807, 2.05) is 0 Å². The first-order chi connectivity index (χ1) is 74.4. The monoisotopic (exact) mass is 2110 g/mol. The van der Waals surface area contributed by atoms with Gasteiger partial charge in [0.1, 0.15) is 0 Å². The molecule has 1 aliphatic carbocycles. The minimum absolute atomic E-state index is 0.268. The molecule has 30 aromatic rings. The van der Waals surface area contributed by atoms with Crippen molar-refractivity contribution in [1.82, 2.24) is 13.7 Å². The third-order valence-corrected chi connectivity index (χ3v) is 37.5. The van der Waals surface area contributed by atoms with E-state index in [0.717, 1.165) is 40.5 Å². The molecular formula is C141H92N6Se3. The number of hydrogen-bond donors (Lipinski definition) is 0. The molecule has 31 rings (SSSR count). The molecule has 0 saturated carbocycles. The maximum absolute atomic E-state index is 2.49. The van der Waals surface area contributed by atoms with E-state index in [-0.39, 0.29) is 29.0 Å². The molecule has 0 N–H and O–H groups in total. The Kier molecular flexibility index (Phi) is 22.0. The average Bonchev–Trinajstić information content (AvgIpc) is 1.50. The van der Waals surface area contributed by atoms with Crippen molar-refractivity contribution in [2.24, 2.45) is 0 Å². The molecule has 1 aliphatic rings. The molecular weight excluding hydrogens is 2010 g/mol. The van der Waals surface area contributed by atoms with Crippen LogP contribution < -0.4 is 14.7 Å². The van der Waals surface area contributed by atoms with Crippen LogP contribution in [-0.4, -0.2) is 57.2 Å². The van der Waals surface area contributed by atoms with Gasteiger partial charge in [-0.05, 0) is 54.6 Å². The van der Waals surface area contributed by atoms with Crippen LogP contribution in [-0.2, 0) is 6.42 Å². The summed E-state index contributed by atoms with van der Waals surface area (Å²) < 4.78 is 15.9. The fourth-order valence-electron chi connectivity index (χ4n) is 23.4. The number of nitrogens with zero attached hydrogens (tertiary/aromatic N) is 6. The van der Waals surface area contributed by atoms with E-state index in [9.17, 15) is 0 Å². The quantitative estimate of drug-likeness (QED) is 0.0755. The Labute approximate surface area is 885 Å². The number of fused-ring (bicyclic) bond motifs is 24. The molecule has 150 heavy (non-hydrogen) atoms. The van der Waals surface area contributed by atoms with Crippen molar-refractivity contribution in [3.63, 3.8) is 0 Å². The van der Waals surface area contributed by atoms with Crippen LogP contribution in [0.1, 0.15) is 11.1 Å². The second-order valence-corrected chi connectivity index (χ2v) is 45.7. The van der Waals surface area contributed by atoms with Crippen LogP contribution in [0.15, 0.2) is 546 Å². The van der Waals surface area contributed by atoms with Crippen molar-refractivity contribution in [2.75, 3.05) is 14.7 Å². The van der Waals surface area contributed by atoms with E-state index in [1.165, 1.54) is 235 Å². The van der Waals surface area contributed by atoms with E-state index in [2.05, 4.69) is 574 Å². The number of anilines is 9. The van der Waals surface area contributed by atoms with Gasteiger partial charge < -0.3 is 0 Å². The van der Waals surface area contributed by atoms with Crippen molar-refractivity contribution in [3.05, 3.63) is 557 Å². The van der Waals surface area contributed by atoms with Crippen molar-refractivity contribution in [2.45, 2.75) is 6.42 Å². The van der Waals surface area contributed by atoms with Crippen LogP contribution in [0.25, 0.3) is 206 Å². The predicted molar refractivity (Wildman–Crippen MR) is 642 cm³/mol. The van der Waals surface area contributed by atoms with Gasteiger partial charge >= 0.3 is 679 Å². The van der Waals surface area contributed by atoms with Crippen LogP contribution in [0.4, 0.5) is 51.2 Å². The fraction of sp³-hybridized carbons (Fsp3) is 0.00709. The van der Waals surface area contributed by atoms with Gasteiger partial charge in [0.25, 0.3) is 0 Å². The van der Waals surface area contributed by atoms with Crippen LogP contribution >= 0.6 is 0 Å². The minimum atomic E-state index is 0.268. The molecule has 6 nitrogen and oxygen atoms in total. The number of aromatic nitrogens is 3. The van der Waals surface area contributed by atoms with Crippen LogP contribution in [0.3, 0.4) is 0 Å². The second kappa shape index (κ2) is 37.3. The zero-order chi connectivity index (χ0) is 98.8. The Bertz CT molecular complexity index is 10500. The summed E-state index contributed by atoms with van der Waals surface area (Å²) in [5.74, 6) is 0. The Balaban J connectivity index is 0.000000106. The van der Waals surface area contributed by atoms with Crippen molar-refractivity contribution < 1.29 is 0 Å². The van der Waals surface area contributed by atoms with Gasteiger partial charge in [-0.15, -0.1) is 0 Å². The molecule has 6 aromatic heterocycles. The third kappa shape index (κ3) is 15.4. The third-order valence-electron chi connectivity index (χ3n) is 30.4. The zero-order valence-corrected chi connectivity index (χ0v) is 86.7. The molecule has 704 valence electrons. The van der Waals surface area contributed by atoms with E-state index in [4.69, 9.17) is 0 Å². The average molecular weight is 2110 g/mol. The first-order valence-corrected chi connectivity index (χ1v) is 56.4. The van der Waals surface area contributed by atoms with Crippen LogP contribution in [0.5, 0.6) is 0 Å². The van der Waals surface area contributed by atoms with Crippen LogP contribution in [0, 0.1) is 0 Å². The summed E-state index contributed by atoms with van der Waals surface area (Å²) in [4.78, 5) is 7.32. The Morgan fingerprint density at radius 3 is 0.947 bits per heavy atom. The SMILES string of the molecule is c1ccc(-n2c3ccccc3c3ccc(-c4ccc(N(c5ccc6c(c5)[se]c5ccccc56)c5cc6ccccc6c6ccccc56)cc4)cc32)cc1.c1ccc(-n2c3ccccc3c3ccc(-c4ccc(N(c5ccc6c(c5)[se]c5ccccc56)c5cccc6c5Cc5ccccc5-6)cc4)cc32)cc1.c1ccc(N(c2ccc(-c3ccc4c(c3)[se]c3ccccc34)cc2)c2ccc3c4ccccc4n(-c4ccccc4)c3c2)cc1. The molecule has 9 heteroatoms. The molecule has 0 bridgehead atoms. The summed E-state index contributed by atoms with van der Waals surface area (Å²) in [5.41, 5.74) is 34.1. The zero-order valence-electron chi connectivity index (χ0n) is 81.6. The second-order valence-electron chi connectivity index (χ2n) is 38.9. The maximum atomic E-state index is 2.49. The van der Waals surface area contributed by atoms with E-state index < -0.39 is 0 Å². The normalized spacial score (nSPS) is 11.8. The summed E-state index contributed by atoms with van der Waals surface area (Å²) >= 11 is 0.907. The standard InChI is InChI=1S/C50H32N2Se.C49H32N2Se.C42H28N2Se/c1-2-13-36(14-3-1)52-46-20-10-8-18-42(46)43-28-24-34(30-48(43)52)33-22-25-37(26-23-33)51(38-27-29-45-44-19-9-11-21-49(44)53-50(45)32-38)47-31-35-12-4-5-15-39(35)40-16-6-7-17-41(40)47;1-2-12-35(13-3-1)51-45-18-8-6-15-40(45)41-27-23-33(30-47(41)51)32-21-24-36(25-22-32)50(37-26-28-43-42-16-7-9-20-48(42)52-49(43)31-37)46-19-10-17-39-38-14-5-4-11-34(38)29-44(39)46;1-3-11-31(12-4-1)43(33-22-19-29(20-23-33)30-21-25-38-37-16-8-10-18-41(37)45-42(38)27-30)34-24-26-36-35-15-7-9-17-39(35)44(40(36)28-34)32-13-5-2-6-14-32/h1-32H;1-28,30-31H,29H2;1-28H. The number of benzene rings is 24. The number of hydrogen-bond acceptors (Lipinski definition) is 3. The summed E-state index contributed by atoms with van der Waals surface area (Å²) in [6, 6.07) is 200.